The monoisotopic (exact) mass is 375 g/mol. The van der Waals surface area contributed by atoms with E-state index in [0.29, 0.717) is 24.3 Å². The van der Waals surface area contributed by atoms with Crippen molar-refractivity contribution in [2.24, 2.45) is 5.73 Å². The quantitative estimate of drug-likeness (QED) is 0.588. The molecule has 3 aromatic carbocycles. The normalized spacial score (nSPS) is 11.6. The molecule has 0 aliphatic heterocycles. The molecule has 0 aliphatic carbocycles. The molecule has 0 saturated heterocycles. The number of carbonyl (C=O) groups is 1. The highest BCUT2D eigenvalue weighted by Gasteiger charge is 2.16. The largest absolute Gasteiger partial charge is 0.488 e. The van der Waals surface area contributed by atoms with Crippen molar-refractivity contribution in [1.82, 2.24) is 0 Å². The molecule has 0 radical (unpaired) electrons. The Morgan fingerprint density at radius 1 is 0.857 bits per heavy atom. The Morgan fingerprint density at radius 3 is 2.07 bits per heavy atom. The van der Waals surface area contributed by atoms with E-state index in [9.17, 15) is 4.79 Å². The van der Waals surface area contributed by atoms with Crippen LogP contribution < -0.4 is 10.5 Å². The highest BCUT2D eigenvalue weighted by Crippen LogP contribution is 2.24. The molecule has 0 aliphatic rings. The van der Waals surface area contributed by atoms with Gasteiger partial charge in [0.15, 0.2) is 0 Å². The summed E-state index contributed by atoms with van der Waals surface area (Å²) in [5.74, 6) is 0.105. The smallest absolute Gasteiger partial charge is 0.342 e. The zero-order valence-electron chi connectivity index (χ0n) is 16.0. The second-order valence-corrected chi connectivity index (χ2v) is 6.85. The van der Waals surface area contributed by atoms with Crippen molar-refractivity contribution in [2.75, 3.05) is 0 Å². The molecule has 0 heterocycles. The molecular weight excluding hydrogens is 350 g/mol. The lowest BCUT2D eigenvalue weighted by Gasteiger charge is -2.14. The highest BCUT2D eigenvalue weighted by atomic mass is 16.5. The first-order valence-electron chi connectivity index (χ1n) is 9.38. The average molecular weight is 375 g/mol. The van der Waals surface area contributed by atoms with Gasteiger partial charge in [-0.25, -0.2) is 4.79 Å². The SMILES string of the molecule is CC(N)Cc1ccc(OCc2ccccc2)c(C(=O)OCc2ccccc2)c1. The molecule has 3 rings (SSSR count). The van der Waals surface area contributed by atoms with Crippen LogP contribution in [0.15, 0.2) is 78.9 Å². The zero-order valence-corrected chi connectivity index (χ0v) is 16.0. The van der Waals surface area contributed by atoms with Crippen molar-refractivity contribution in [3.63, 3.8) is 0 Å². The minimum Gasteiger partial charge on any atom is -0.488 e. The summed E-state index contributed by atoms with van der Waals surface area (Å²) in [6.45, 7) is 2.54. The molecule has 28 heavy (non-hydrogen) atoms. The molecule has 0 fully saturated rings. The third-order valence-electron chi connectivity index (χ3n) is 4.27. The molecular formula is C24H25NO3. The van der Waals surface area contributed by atoms with Crippen molar-refractivity contribution < 1.29 is 14.3 Å². The topological polar surface area (TPSA) is 61.5 Å². The van der Waals surface area contributed by atoms with Gasteiger partial charge in [-0.2, -0.15) is 0 Å². The van der Waals surface area contributed by atoms with Gasteiger partial charge < -0.3 is 15.2 Å². The lowest BCUT2D eigenvalue weighted by Crippen LogP contribution is -2.18. The third kappa shape index (κ3) is 5.69. The van der Waals surface area contributed by atoms with Crippen molar-refractivity contribution in [3.05, 3.63) is 101 Å². The first-order chi connectivity index (χ1) is 13.6. The summed E-state index contributed by atoms with van der Waals surface area (Å²) in [6.07, 6.45) is 0.679. The van der Waals surface area contributed by atoms with E-state index in [1.165, 1.54) is 0 Å². The van der Waals surface area contributed by atoms with Gasteiger partial charge in [-0.05, 0) is 42.2 Å². The Labute approximate surface area is 165 Å². The minimum absolute atomic E-state index is 0.00396. The van der Waals surface area contributed by atoms with Gasteiger partial charge in [-0.3, -0.25) is 0 Å². The number of benzene rings is 3. The van der Waals surface area contributed by atoms with Crippen molar-refractivity contribution in [3.8, 4) is 5.75 Å². The predicted molar refractivity (Wildman–Crippen MR) is 110 cm³/mol. The maximum atomic E-state index is 12.8. The highest BCUT2D eigenvalue weighted by molar-refractivity contribution is 5.92. The minimum atomic E-state index is -0.404. The molecule has 1 unspecified atom stereocenters. The fourth-order valence-electron chi connectivity index (χ4n) is 2.90. The van der Waals surface area contributed by atoms with Crippen LogP contribution in [0.1, 0.15) is 34.0 Å². The van der Waals surface area contributed by atoms with Crippen LogP contribution in [0.5, 0.6) is 5.75 Å². The fourth-order valence-corrected chi connectivity index (χ4v) is 2.90. The molecule has 4 heteroatoms. The first kappa shape index (κ1) is 19.6. The molecule has 4 nitrogen and oxygen atoms in total. The molecule has 144 valence electrons. The second-order valence-electron chi connectivity index (χ2n) is 6.85. The summed E-state index contributed by atoms with van der Waals surface area (Å²) in [7, 11) is 0. The van der Waals surface area contributed by atoms with Crippen LogP contribution in [0.3, 0.4) is 0 Å². The molecule has 3 aromatic rings. The number of hydrogen-bond acceptors (Lipinski definition) is 4. The van der Waals surface area contributed by atoms with Crippen molar-refractivity contribution in [2.45, 2.75) is 32.6 Å². The molecule has 0 spiro atoms. The Bertz CT molecular complexity index is 892. The summed E-state index contributed by atoms with van der Waals surface area (Å²) in [5, 5.41) is 0. The van der Waals surface area contributed by atoms with Crippen molar-refractivity contribution in [1.29, 1.82) is 0 Å². The predicted octanol–water partition coefficient (Wildman–Crippen LogP) is 4.51. The number of rotatable bonds is 8. The summed E-state index contributed by atoms with van der Waals surface area (Å²) in [5.41, 5.74) is 9.28. The van der Waals surface area contributed by atoms with Crippen LogP contribution in [-0.4, -0.2) is 12.0 Å². The first-order valence-corrected chi connectivity index (χ1v) is 9.38. The third-order valence-corrected chi connectivity index (χ3v) is 4.27. The number of hydrogen-bond donors (Lipinski definition) is 1. The molecule has 1 atom stereocenters. The summed E-state index contributed by atoms with van der Waals surface area (Å²) < 4.78 is 11.4. The Morgan fingerprint density at radius 2 is 1.46 bits per heavy atom. The summed E-state index contributed by atoms with van der Waals surface area (Å²) >= 11 is 0. The maximum absolute atomic E-state index is 12.8. The number of ether oxygens (including phenoxy) is 2. The second kappa shape index (κ2) is 9.72. The Hall–Kier alpha value is -3.11. The van der Waals surface area contributed by atoms with Gasteiger partial charge in [-0.15, -0.1) is 0 Å². The van der Waals surface area contributed by atoms with Crippen LogP contribution >= 0.6 is 0 Å². The van der Waals surface area contributed by atoms with E-state index in [1.54, 1.807) is 0 Å². The standard InChI is InChI=1S/C24H25NO3/c1-18(25)14-21-12-13-23(27-16-19-8-4-2-5-9-19)22(15-21)24(26)28-17-20-10-6-3-7-11-20/h2-13,15,18H,14,16-17,25H2,1H3. The van der Waals surface area contributed by atoms with Gasteiger partial charge in [0.2, 0.25) is 0 Å². The van der Waals surface area contributed by atoms with Crippen LogP contribution in [0.2, 0.25) is 0 Å². The van der Waals surface area contributed by atoms with Crippen LogP contribution in [0.25, 0.3) is 0 Å². The Kier molecular flexibility index (Phi) is 6.82. The van der Waals surface area contributed by atoms with Gasteiger partial charge in [0, 0.05) is 6.04 Å². The fraction of sp³-hybridized carbons (Fsp3) is 0.208. The summed E-state index contributed by atoms with van der Waals surface area (Å²) in [6, 6.07) is 25.0. The van der Waals surface area contributed by atoms with Gasteiger partial charge >= 0.3 is 5.97 Å². The van der Waals surface area contributed by atoms with Gasteiger partial charge in [0.25, 0.3) is 0 Å². The number of esters is 1. The van der Waals surface area contributed by atoms with Gasteiger partial charge in [0.1, 0.15) is 24.5 Å². The van der Waals surface area contributed by atoms with Gasteiger partial charge in [0.05, 0.1) is 0 Å². The van der Waals surface area contributed by atoms with E-state index in [2.05, 4.69) is 0 Å². The van der Waals surface area contributed by atoms with Crippen LogP contribution in [0.4, 0.5) is 0 Å². The molecule has 0 amide bonds. The number of carbonyl (C=O) groups excluding carboxylic acids is 1. The zero-order chi connectivity index (χ0) is 19.8. The molecule has 0 saturated carbocycles. The number of nitrogens with two attached hydrogens (primary N) is 1. The van der Waals surface area contributed by atoms with Crippen LogP contribution in [0, 0.1) is 0 Å². The van der Waals surface area contributed by atoms with Gasteiger partial charge in [-0.1, -0.05) is 66.7 Å². The molecule has 0 bridgehead atoms. The van der Waals surface area contributed by atoms with E-state index < -0.39 is 5.97 Å². The van der Waals surface area contributed by atoms with E-state index >= 15 is 0 Å². The summed E-state index contributed by atoms with van der Waals surface area (Å²) in [4.78, 5) is 12.8. The average Bonchev–Trinajstić information content (AvgIpc) is 2.72. The van der Waals surface area contributed by atoms with Crippen LogP contribution in [-0.2, 0) is 24.4 Å². The lowest BCUT2D eigenvalue weighted by molar-refractivity contribution is 0.0467. The van der Waals surface area contributed by atoms with Crippen molar-refractivity contribution >= 4 is 5.97 Å². The van der Waals surface area contributed by atoms with E-state index in [-0.39, 0.29) is 12.6 Å². The Balaban J connectivity index is 1.77. The van der Waals surface area contributed by atoms with E-state index in [4.69, 9.17) is 15.2 Å². The maximum Gasteiger partial charge on any atom is 0.342 e. The molecule has 2 N–H and O–H groups in total. The van der Waals surface area contributed by atoms with E-state index in [0.717, 1.165) is 16.7 Å². The molecule has 0 aromatic heterocycles. The van der Waals surface area contributed by atoms with E-state index in [1.807, 2.05) is 85.8 Å². The lowest BCUT2D eigenvalue weighted by atomic mass is 10.0.